The van der Waals surface area contributed by atoms with Crippen LogP contribution in [0.4, 0.5) is 0 Å². The van der Waals surface area contributed by atoms with E-state index in [1.807, 2.05) is 0 Å². The molecule has 0 bridgehead atoms. The minimum absolute atomic E-state index is 0.180. The van der Waals surface area contributed by atoms with E-state index < -0.39 is 0 Å². The SMILES string of the molecule is CC(C)NCCC(=O)NC1CCN(C)C(C)C1. The van der Waals surface area contributed by atoms with Crippen LogP contribution >= 0.6 is 0 Å². The lowest BCUT2D eigenvalue weighted by Gasteiger charge is -2.35. The average Bonchev–Trinajstić information content (AvgIpc) is 2.23. The summed E-state index contributed by atoms with van der Waals surface area (Å²) in [5.74, 6) is 0.180. The monoisotopic (exact) mass is 241 g/mol. The second-order valence-corrected chi connectivity index (χ2v) is 5.48. The predicted molar refractivity (Wildman–Crippen MR) is 71.0 cm³/mol. The Kier molecular flexibility index (Phi) is 5.92. The molecule has 2 N–H and O–H groups in total. The van der Waals surface area contributed by atoms with Crippen LogP contribution in [0.25, 0.3) is 0 Å². The zero-order valence-electron chi connectivity index (χ0n) is 11.6. The van der Waals surface area contributed by atoms with Crippen molar-refractivity contribution in [3.8, 4) is 0 Å². The molecule has 4 nitrogen and oxygen atoms in total. The summed E-state index contributed by atoms with van der Waals surface area (Å²) in [5.41, 5.74) is 0. The topological polar surface area (TPSA) is 44.4 Å². The number of nitrogens with zero attached hydrogens (tertiary/aromatic N) is 1. The Hall–Kier alpha value is -0.610. The summed E-state index contributed by atoms with van der Waals surface area (Å²) in [6, 6.07) is 1.39. The van der Waals surface area contributed by atoms with E-state index in [2.05, 4.69) is 43.4 Å². The highest BCUT2D eigenvalue weighted by atomic mass is 16.1. The first-order valence-corrected chi connectivity index (χ1v) is 6.72. The molecule has 1 saturated heterocycles. The lowest BCUT2D eigenvalue weighted by atomic mass is 9.99. The summed E-state index contributed by atoms with van der Waals surface area (Å²) in [7, 11) is 2.15. The van der Waals surface area contributed by atoms with Gasteiger partial charge >= 0.3 is 0 Å². The lowest BCUT2D eigenvalue weighted by Crippen LogP contribution is -2.47. The average molecular weight is 241 g/mol. The highest BCUT2D eigenvalue weighted by Crippen LogP contribution is 2.15. The van der Waals surface area contributed by atoms with Crippen LogP contribution in [0.15, 0.2) is 0 Å². The second-order valence-electron chi connectivity index (χ2n) is 5.48. The van der Waals surface area contributed by atoms with E-state index in [0.29, 0.717) is 24.5 Å². The quantitative estimate of drug-likeness (QED) is 0.754. The number of hydrogen-bond acceptors (Lipinski definition) is 3. The molecule has 1 aliphatic rings. The van der Waals surface area contributed by atoms with Crippen molar-refractivity contribution in [1.82, 2.24) is 15.5 Å². The zero-order chi connectivity index (χ0) is 12.8. The third kappa shape index (κ3) is 5.50. The number of likely N-dealkylation sites (tertiary alicyclic amines) is 1. The van der Waals surface area contributed by atoms with Gasteiger partial charge in [-0.15, -0.1) is 0 Å². The number of rotatable bonds is 5. The normalized spacial score (nSPS) is 26.2. The molecule has 0 aliphatic carbocycles. The first-order chi connectivity index (χ1) is 7.99. The Labute approximate surface area is 105 Å². The second kappa shape index (κ2) is 6.97. The molecule has 1 fully saturated rings. The van der Waals surface area contributed by atoms with E-state index in [9.17, 15) is 4.79 Å². The Morgan fingerprint density at radius 3 is 2.76 bits per heavy atom. The van der Waals surface area contributed by atoms with Crippen LogP contribution in [0.2, 0.25) is 0 Å². The molecule has 4 heteroatoms. The van der Waals surface area contributed by atoms with Crippen molar-refractivity contribution in [3.63, 3.8) is 0 Å². The molecule has 1 heterocycles. The molecule has 0 aromatic heterocycles. The molecule has 2 atom stereocenters. The van der Waals surface area contributed by atoms with Crippen molar-refractivity contribution in [1.29, 1.82) is 0 Å². The first kappa shape index (κ1) is 14.5. The van der Waals surface area contributed by atoms with Crippen LogP contribution < -0.4 is 10.6 Å². The van der Waals surface area contributed by atoms with Gasteiger partial charge in [-0.1, -0.05) is 13.8 Å². The molecule has 1 rings (SSSR count). The predicted octanol–water partition coefficient (Wildman–Crippen LogP) is 0.973. The lowest BCUT2D eigenvalue weighted by molar-refractivity contribution is -0.122. The van der Waals surface area contributed by atoms with Crippen molar-refractivity contribution < 1.29 is 4.79 Å². The molecule has 2 unspecified atom stereocenters. The minimum Gasteiger partial charge on any atom is -0.353 e. The molecule has 0 radical (unpaired) electrons. The van der Waals surface area contributed by atoms with E-state index in [4.69, 9.17) is 0 Å². The van der Waals surface area contributed by atoms with Crippen LogP contribution in [0.3, 0.4) is 0 Å². The van der Waals surface area contributed by atoms with Crippen LogP contribution in [0, 0.1) is 0 Å². The van der Waals surface area contributed by atoms with Crippen molar-refractivity contribution in [3.05, 3.63) is 0 Å². The highest BCUT2D eigenvalue weighted by Gasteiger charge is 2.23. The van der Waals surface area contributed by atoms with Crippen molar-refractivity contribution in [2.24, 2.45) is 0 Å². The number of carbonyl (C=O) groups excluding carboxylic acids is 1. The minimum atomic E-state index is 0.180. The van der Waals surface area contributed by atoms with E-state index >= 15 is 0 Å². The largest absolute Gasteiger partial charge is 0.353 e. The van der Waals surface area contributed by atoms with E-state index in [1.165, 1.54) is 0 Å². The van der Waals surface area contributed by atoms with Gasteiger partial charge in [-0.2, -0.15) is 0 Å². The number of amides is 1. The molecule has 0 aromatic rings. The molecule has 1 aliphatic heterocycles. The summed E-state index contributed by atoms with van der Waals surface area (Å²) in [6.45, 7) is 8.26. The van der Waals surface area contributed by atoms with Gasteiger partial charge in [-0.05, 0) is 26.8 Å². The molecule has 0 aromatic carbocycles. The fraction of sp³-hybridized carbons (Fsp3) is 0.923. The molecular formula is C13H27N3O. The molecule has 1 amide bonds. The van der Waals surface area contributed by atoms with Gasteiger partial charge in [0.2, 0.25) is 5.91 Å². The van der Waals surface area contributed by atoms with Gasteiger partial charge in [-0.3, -0.25) is 4.79 Å². The summed E-state index contributed by atoms with van der Waals surface area (Å²) >= 11 is 0. The van der Waals surface area contributed by atoms with Gasteiger partial charge in [0.1, 0.15) is 0 Å². The maximum atomic E-state index is 11.7. The Balaban J connectivity index is 2.18. The standard InChI is InChI=1S/C13H27N3O/c1-10(2)14-7-5-13(17)15-12-6-8-16(4)11(3)9-12/h10-12,14H,5-9H2,1-4H3,(H,15,17). The van der Waals surface area contributed by atoms with Gasteiger partial charge in [0.05, 0.1) is 0 Å². The van der Waals surface area contributed by atoms with Crippen molar-refractivity contribution >= 4 is 5.91 Å². The molecular weight excluding hydrogens is 214 g/mol. The maximum absolute atomic E-state index is 11.7. The molecule has 0 saturated carbocycles. The van der Waals surface area contributed by atoms with Crippen molar-refractivity contribution in [2.75, 3.05) is 20.1 Å². The van der Waals surface area contributed by atoms with Gasteiger partial charge in [-0.25, -0.2) is 0 Å². The van der Waals surface area contributed by atoms with Gasteiger partial charge in [0.15, 0.2) is 0 Å². The van der Waals surface area contributed by atoms with Gasteiger partial charge in [0.25, 0.3) is 0 Å². The number of nitrogens with one attached hydrogen (secondary N) is 2. The Morgan fingerprint density at radius 2 is 2.18 bits per heavy atom. The van der Waals surface area contributed by atoms with Crippen LogP contribution in [0.5, 0.6) is 0 Å². The zero-order valence-corrected chi connectivity index (χ0v) is 11.6. The Morgan fingerprint density at radius 1 is 1.47 bits per heavy atom. The number of carbonyl (C=O) groups is 1. The summed E-state index contributed by atoms with van der Waals surface area (Å²) in [4.78, 5) is 14.1. The number of hydrogen-bond donors (Lipinski definition) is 2. The maximum Gasteiger partial charge on any atom is 0.221 e. The van der Waals surface area contributed by atoms with Crippen LogP contribution in [0.1, 0.15) is 40.0 Å². The molecule has 0 spiro atoms. The van der Waals surface area contributed by atoms with E-state index in [-0.39, 0.29) is 5.91 Å². The summed E-state index contributed by atoms with van der Waals surface area (Å²) < 4.78 is 0. The van der Waals surface area contributed by atoms with Crippen LogP contribution in [-0.2, 0) is 4.79 Å². The first-order valence-electron chi connectivity index (χ1n) is 6.72. The number of piperidine rings is 1. The molecule has 17 heavy (non-hydrogen) atoms. The third-order valence-electron chi connectivity index (χ3n) is 3.48. The van der Waals surface area contributed by atoms with Crippen LogP contribution in [-0.4, -0.2) is 49.1 Å². The fourth-order valence-corrected chi connectivity index (χ4v) is 2.19. The van der Waals surface area contributed by atoms with E-state index in [0.717, 1.165) is 25.9 Å². The van der Waals surface area contributed by atoms with Gasteiger partial charge < -0.3 is 15.5 Å². The Bertz CT molecular complexity index is 243. The van der Waals surface area contributed by atoms with Crippen molar-refractivity contribution in [2.45, 2.75) is 58.2 Å². The third-order valence-corrected chi connectivity index (χ3v) is 3.48. The molecule has 100 valence electrons. The van der Waals surface area contributed by atoms with E-state index in [1.54, 1.807) is 0 Å². The fourth-order valence-electron chi connectivity index (χ4n) is 2.19. The summed E-state index contributed by atoms with van der Waals surface area (Å²) in [5, 5.41) is 6.40. The highest BCUT2D eigenvalue weighted by molar-refractivity contribution is 5.76. The smallest absolute Gasteiger partial charge is 0.221 e. The summed E-state index contributed by atoms with van der Waals surface area (Å²) in [6.07, 6.45) is 2.73. The van der Waals surface area contributed by atoms with Gasteiger partial charge in [0, 0.05) is 37.6 Å².